The number of halogens is 1. The molecule has 0 aliphatic carbocycles. The van der Waals surface area contributed by atoms with E-state index in [9.17, 15) is 14.0 Å². The number of thioether (sulfide) groups is 1. The van der Waals surface area contributed by atoms with Gasteiger partial charge in [0, 0.05) is 6.54 Å². The first-order valence-corrected chi connectivity index (χ1v) is 11.5. The minimum atomic E-state index is -0.331. The van der Waals surface area contributed by atoms with Crippen LogP contribution < -0.4 is 10.9 Å². The van der Waals surface area contributed by atoms with Crippen molar-refractivity contribution in [1.29, 1.82) is 0 Å². The number of nitrogens with zero attached hydrogens (tertiary/aromatic N) is 2. The van der Waals surface area contributed by atoms with Crippen LogP contribution in [0.25, 0.3) is 10.2 Å². The summed E-state index contributed by atoms with van der Waals surface area (Å²) in [6.45, 7) is 2.72. The Morgan fingerprint density at radius 1 is 1.10 bits per heavy atom. The van der Waals surface area contributed by atoms with E-state index in [2.05, 4.69) is 10.3 Å². The van der Waals surface area contributed by atoms with Crippen LogP contribution in [0.1, 0.15) is 16.7 Å². The number of amides is 1. The lowest BCUT2D eigenvalue weighted by molar-refractivity contribution is -0.118. The van der Waals surface area contributed by atoms with Crippen LogP contribution in [0.4, 0.5) is 4.39 Å². The van der Waals surface area contributed by atoms with Crippen molar-refractivity contribution < 1.29 is 9.18 Å². The van der Waals surface area contributed by atoms with Gasteiger partial charge in [0.05, 0.1) is 17.8 Å². The fourth-order valence-corrected chi connectivity index (χ4v) is 4.64. The number of fused-ring (bicyclic) bond motifs is 1. The Labute approximate surface area is 187 Å². The molecule has 0 bridgehead atoms. The molecule has 0 aliphatic heterocycles. The summed E-state index contributed by atoms with van der Waals surface area (Å²) in [6, 6.07) is 15.8. The maximum Gasteiger partial charge on any atom is 0.272 e. The fraction of sp³-hybridized carbons (Fsp3) is 0.174. The first kappa shape index (κ1) is 21.3. The van der Waals surface area contributed by atoms with Crippen LogP contribution in [0.2, 0.25) is 0 Å². The zero-order valence-electron chi connectivity index (χ0n) is 16.8. The second-order valence-corrected chi connectivity index (χ2v) is 8.96. The predicted octanol–water partition coefficient (Wildman–Crippen LogP) is 4.36. The Kier molecular flexibility index (Phi) is 6.48. The Hall–Kier alpha value is -2.97. The second kappa shape index (κ2) is 9.45. The maximum absolute atomic E-state index is 13.2. The lowest BCUT2D eigenvalue weighted by Crippen LogP contribution is -2.26. The summed E-state index contributed by atoms with van der Waals surface area (Å²) in [5, 5.41) is 5.18. The van der Waals surface area contributed by atoms with Gasteiger partial charge in [-0.1, -0.05) is 53.7 Å². The van der Waals surface area contributed by atoms with Gasteiger partial charge >= 0.3 is 0 Å². The molecule has 0 fully saturated rings. The van der Waals surface area contributed by atoms with E-state index in [1.807, 2.05) is 36.6 Å². The maximum atomic E-state index is 13.2. The number of hydrogen-bond acceptors (Lipinski definition) is 5. The van der Waals surface area contributed by atoms with E-state index in [0.717, 1.165) is 11.1 Å². The molecule has 2 aromatic heterocycles. The van der Waals surface area contributed by atoms with Crippen LogP contribution in [0.3, 0.4) is 0 Å². The zero-order valence-corrected chi connectivity index (χ0v) is 18.4. The van der Waals surface area contributed by atoms with Crippen molar-refractivity contribution in [3.63, 3.8) is 0 Å². The second-order valence-electron chi connectivity index (χ2n) is 7.10. The lowest BCUT2D eigenvalue weighted by atomic mass is 10.1. The highest BCUT2D eigenvalue weighted by atomic mass is 32.2. The molecule has 5 nitrogen and oxygen atoms in total. The first-order valence-electron chi connectivity index (χ1n) is 9.67. The molecular formula is C23H20FN3O2S2. The monoisotopic (exact) mass is 453 g/mol. The molecule has 2 heterocycles. The fourth-order valence-electron chi connectivity index (χ4n) is 3.03. The summed E-state index contributed by atoms with van der Waals surface area (Å²) in [4.78, 5) is 30.0. The minimum Gasteiger partial charge on any atom is -0.351 e. The minimum absolute atomic E-state index is 0.136. The highest BCUT2D eigenvalue weighted by Gasteiger charge is 2.15. The first-order chi connectivity index (χ1) is 15.0. The van der Waals surface area contributed by atoms with Gasteiger partial charge in [0.15, 0.2) is 5.16 Å². The highest BCUT2D eigenvalue weighted by Crippen LogP contribution is 2.22. The highest BCUT2D eigenvalue weighted by molar-refractivity contribution is 7.99. The molecule has 8 heteroatoms. The molecule has 0 saturated carbocycles. The molecular weight excluding hydrogens is 433 g/mol. The summed E-state index contributed by atoms with van der Waals surface area (Å²) >= 11 is 2.55. The smallest absolute Gasteiger partial charge is 0.272 e. The Morgan fingerprint density at radius 3 is 2.55 bits per heavy atom. The molecule has 0 atom stereocenters. The van der Waals surface area contributed by atoms with Gasteiger partial charge in [-0.3, -0.25) is 14.2 Å². The van der Waals surface area contributed by atoms with Crippen molar-refractivity contribution in [2.45, 2.75) is 25.2 Å². The quantitative estimate of drug-likeness (QED) is 0.334. The van der Waals surface area contributed by atoms with Crippen molar-refractivity contribution in [3.8, 4) is 0 Å². The summed E-state index contributed by atoms with van der Waals surface area (Å²) in [6.07, 6.45) is 0. The van der Waals surface area contributed by atoms with Crippen LogP contribution in [-0.4, -0.2) is 21.2 Å². The summed E-state index contributed by atoms with van der Waals surface area (Å²) < 4.78 is 15.4. The number of rotatable bonds is 7. The SMILES string of the molecule is Cc1ccc(CNC(=O)CSc2nc3ccsc3c(=O)n2Cc2ccc(F)cc2)cc1. The number of carbonyl (C=O) groups is 1. The van der Waals surface area contributed by atoms with E-state index in [1.54, 1.807) is 22.8 Å². The van der Waals surface area contributed by atoms with Gasteiger partial charge in [0.2, 0.25) is 5.91 Å². The third-order valence-corrected chi connectivity index (χ3v) is 6.60. The molecule has 1 amide bonds. The van der Waals surface area contributed by atoms with E-state index in [0.29, 0.717) is 21.9 Å². The van der Waals surface area contributed by atoms with Gasteiger partial charge < -0.3 is 5.32 Å². The zero-order chi connectivity index (χ0) is 21.8. The van der Waals surface area contributed by atoms with Crippen molar-refractivity contribution >= 4 is 39.2 Å². The van der Waals surface area contributed by atoms with E-state index in [-0.39, 0.29) is 29.6 Å². The van der Waals surface area contributed by atoms with Gasteiger partial charge in [0.1, 0.15) is 10.5 Å². The topological polar surface area (TPSA) is 64.0 Å². The molecule has 4 rings (SSSR count). The van der Waals surface area contributed by atoms with E-state index in [1.165, 1.54) is 40.8 Å². The van der Waals surface area contributed by atoms with Crippen LogP contribution in [-0.2, 0) is 17.9 Å². The molecule has 0 spiro atoms. The molecule has 1 N–H and O–H groups in total. The van der Waals surface area contributed by atoms with E-state index >= 15 is 0 Å². The van der Waals surface area contributed by atoms with Crippen molar-refractivity contribution in [1.82, 2.24) is 14.9 Å². The molecule has 158 valence electrons. The molecule has 4 aromatic rings. The number of thiophene rings is 1. The average molecular weight is 454 g/mol. The molecule has 0 aliphatic rings. The van der Waals surface area contributed by atoms with Gasteiger partial charge in [-0.25, -0.2) is 9.37 Å². The third kappa shape index (κ3) is 5.21. The van der Waals surface area contributed by atoms with Gasteiger partial charge in [0.25, 0.3) is 5.56 Å². The number of aryl methyl sites for hydroxylation is 1. The molecule has 0 radical (unpaired) electrons. The number of benzene rings is 2. The summed E-state index contributed by atoms with van der Waals surface area (Å²) in [7, 11) is 0. The van der Waals surface area contributed by atoms with E-state index < -0.39 is 0 Å². The molecule has 31 heavy (non-hydrogen) atoms. The third-order valence-electron chi connectivity index (χ3n) is 4.73. The van der Waals surface area contributed by atoms with E-state index in [4.69, 9.17) is 0 Å². The van der Waals surface area contributed by atoms with Gasteiger partial charge in [-0.2, -0.15) is 0 Å². The average Bonchev–Trinajstić information content (AvgIpc) is 3.24. The standard InChI is InChI=1S/C23H20FN3O2S2/c1-15-2-4-16(5-3-15)12-25-20(28)14-31-23-26-19-10-11-30-21(19)22(29)27(23)13-17-6-8-18(24)9-7-17/h2-11H,12-14H2,1H3,(H,25,28). The van der Waals surface area contributed by atoms with Crippen LogP contribution >= 0.6 is 23.1 Å². The summed E-state index contributed by atoms with van der Waals surface area (Å²) in [5.41, 5.74) is 3.43. The Balaban J connectivity index is 1.50. The van der Waals surface area contributed by atoms with Gasteiger partial charge in [-0.15, -0.1) is 11.3 Å². The largest absolute Gasteiger partial charge is 0.351 e. The van der Waals surface area contributed by atoms with Crippen molar-refractivity contribution in [3.05, 3.63) is 92.8 Å². The predicted molar refractivity (Wildman–Crippen MR) is 123 cm³/mol. The van der Waals surface area contributed by atoms with Crippen molar-refractivity contribution in [2.75, 3.05) is 5.75 Å². The lowest BCUT2D eigenvalue weighted by Gasteiger charge is -2.12. The number of nitrogens with one attached hydrogen (secondary N) is 1. The van der Waals surface area contributed by atoms with Gasteiger partial charge in [-0.05, 0) is 41.6 Å². The molecule has 2 aromatic carbocycles. The number of carbonyl (C=O) groups excluding carboxylic acids is 1. The van der Waals surface area contributed by atoms with Crippen LogP contribution in [0.5, 0.6) is 0 Å². The van der Waals surface area contributed by atoms with Crippen molar-refractivity contribution in [2.24, 2.45) is 0 Å². The number of hydrogen-bond donors (Lipinski definition) is 1. The molecule has 0 unspecified atom stereocenters. The Bertz CT molecular complexity index is 1260. The Morgan fingerprint density at radius 2 is 1.81 bits per heavy atom. The number of aromatic nitrogens is 2. The molecule has 0 saturated heterocycles. The summed E-state index contributed by atoms with van der Waals surface area (Å²) in [5.74, 6) is -0.335. The van der Waals surface area contributed by atoms with Crippen LogP contribution in [0, 0.1) is 12.7 Å². The van der Waals surface area contributed by atoms with Crippen LogP contribution in [0.15, 0.2) is 69.9 Å². The normalized spacial score (nSPS) is 11.0.